The van der Waals surface area contributed by atoms with Crippen molar-refractivity contribution in [2.75, 3.05) is 7.11 Å². The number of rotatable bonds is 1. The van der Waals surface area contributed by atoms with Crippen LogP contribution in [0.5, 0.6) is 0 Å². The zero-order valence-electron chi connectivity index (χ0n) is 7.12. The maximum Gasteiger partial charge on any atom is 0.270 e. The topological polar surface area (TPSA) is 76.2 Å². The van der Waals surface area contributed by atoms with Gasteiger partial charge >= 0.3 is 0 Å². The van der Waals surface area contributed by atoms with Crippen molar-refractivity contribution in [2.45, 2.75) is 0 Å². The summed E-state index contributed by atoms with van der Waals surface area (Å²) in [5.41, 5.74) is -0.601. The molecule has 72 valence electrons. The number of methoxy groups -OCH3 is 1. The zero-order valence-corrected chi connectivity index (χ0v) is 7.94. The van der Waals surface area contributed by atoms with Gasteiger partial charge in [-0.3, -0.25) is 18.8 Å². The number of carbonyl (C=O) groups excluding carboxylic acids is 2. The van der Waals surface area contributed by atoms with Crippen LogP contribution in [-0.2, 0) is 9.53 Å². The van der Waals surface area contributed by atoms with Crippen LogP contribution in [0.15, 0.2) is 10.6 Å². The van der Waals surface area contributed by atoms with E-state index in [1.165, 1.54) is 13.2 Å². The molecule has 0 unspecified atom stereocenters. The zero-order chi connectivity index (χ0) is 10.3. The second-order valence-electron chi connectivity index (χ2n) is 2.64. The molecule has 1 aromatic heterocycles. The maximum absolute atomic E-state index is 11.4. The Balaban J connectivity index is 2.71. The fraction of sp³-hybridized carbons (Fsp3) is 0.125. The lowest BCUT2D eigenvalue weighted by Gasteiger charge is -2.07. The number of H-pyrrole nitrogens is 1. The third kappa shape index (κ3) is 1.04. The van der Waals surface area contributed by atoms with Crippen LogP contribution >= 0.6 is 11.5 Å². The predicted octanol–water partition coefficient (Wildman–Crippen LogP) is 0.189. The van der Waals surface area contributed by atoms with E-state index < -0.39 is 17.1 Å². The largest absolute Gasteiger partial charge is 0.492 e. The first kappa shape index (κ1) is 8.89. The molecule has 0 fully saturated rings. The molecule has 0 aliphatic heterocycles. The Morgan fingerprint density at radius 1 is 1.29 bits per heavy atom. The molecule has 6 heteroatoms. The third-order valence-electron chi connectivity index (χ3n) is 1.87. The van der Waals surface area contributed by atoms with Gasteiger partial charge in [0.05, 0.1) is 12.0 Å². The number of nitrogens with one attached hydrogen (secondary N) is 1. The second-order valence-corrected chi connectivity index (χ2v) is 3.49. The summed E-state index contributed by atoms with van der Waals surface area (Å²) in [5, 5.41) is 0. The number of fused-ring (bicyclic) bond motifs is 1. The first-order chi connectivity index (χ1) is 6.65. The average Bonchev–Trinajstić information content (AvgIpc) is 2.54. The molecule has 5 nitrogen and oxygen atoms in total. The second kappa shape index (κ2) is 2.91. The number of ether oxygens (including phenoxy) is 1. The summed E-state index contributed by atoms with van der Waals surface area (Å²) in [7, 11) is 1.30. The van der Waals surface area contributed by atoms with Gasteiger partial charge in [-0.1, -0.05) is 11.5 Å². The summed E-state index contributed by atoms with van der Waals surface area (Å²) in [6.07, 6.45) is 1.39. The summed E-state index contributed by atoms with van der Waals surface area (Å²) in [6.45, 7) is 0. The van der Waals surface area contributed by atoms with Crippen LogP contribution in [0.4, 0.5) is 0 Å². The van der Waals surface area contributed by atoms with Crippen LogP contribution in [0.25, 0.3) is 6.08 Å². The molecule has 0 amide bonds. The average molecular weight is 211 g/mol. The van der Waals surface area contributed by atoms with E-state index in [0.29, 0.717) is 4.88 Å². The molecular weight excluding hydrogens is 206 g/mol. The molecule has 2 rings (SSSR count). The fourth-order valence-corrected chi connectivity index (χ4v) is 1.95. The molecule has 1 aliphatic rings. The standard InChI is InChI=1S/C8H5NO4S/c1-13-3-2-4-5(7(11)6(3)10)8(12)9-14-4/h2H,1H3,(H,9,12). The van der Waals surface area contributed by atoms with Gasteiger partial charge in [0.1, 0.15) is 5.56 Å². The molecule has 14 heavy (non-hydrogen) atoms. The van der Waals surface area contributed by atoms with Crippen molar-refractivity contribution < 1.29 is 14.3 Å². The normalized spacial score (nSPS) is 15.1. The van der Waals surface area contributed by atoms with Gasteiger partial charge < -0.3 is 4.74 Å². The number of ketones is 2. The summed E-state index contributed by atoms with van der Waals surface area (Å²) in [4.78, 5) is 34.2. The quantitative estimate of drug-likeness (QED) is 0.673. The highest BCUT2D eigenvalue weighted by atomic mass is 32.1. The minimum Gasteiger partial charge on any atom is -0.492 e. The molecule has 1 aliphatic carbocycles. The van der Waals surface area contributed by atoms with E-state index >= 15 is 0 Å². The van der Waals surface area contributed by atoms with E-state index in [4.69, 9.17) is 4.74 Å². The number of aromatic nitrogens is 1. The molecule has 0 radical (unpaired) electrons. The number of carbonyl (C=O) groups is 2. The monoisotopic (exact) mass is 211 g/mol. The number of aromatic amines is 1. The molecule has 1 aromatic rings. The van der Waals surface area contributed by atoms with Gasteiger partial charge in [-0.2, -0.15) is 0 Å². The first-order valence-corrected chi connectivity index (χ1v) is 4.53. The van der Waals surface area contributed by atoms with E-state index in [2.05, 4.69) is 4.37 Å². The van der Waals surface area contributed by atoms with Gasteiger partial charge in [-0.15, -0.1) is 0 Å². The lowest BCUT2D eigenvalue weighted by Crippen LogP contribution is -2.26. The van der Waals surface area contributed by atoms with Gasteiger partial charge in [-0.05, 0) is 0 Å². The molecule has 1 N–H and O–H groups in total. The van der Waals surface area contributed by atoms with Crippen molar-refractivity contribution in [3.8, 4) is 0 Å². The van der Waals surface area contributed by atoms with Crippen LogP contribution in [0.2, 0.25) is 0 Å². The van der Waals surface area contributed by atoms with Crippen molar-refractivity contribution >= 4 is 29.2 Å². The van der Waals surface area contributed by atoms with Crippen LogP contribution in [-0.4, -0.2) is 23.0 Å². The van der Waals surface area contributed by atoms with Crippen LogP contribution in [0.3, 0.4) is 0 Å². The van der Waals surface area contributed by atoms with Crippen molar-refractivity contribution in [2.24, 2.45) is 0 Å². The van der Waals surface area contributed by atoms with Gasteiger partial charge in [0.2, 0.25) is 5.78 Å². The SMILES string of the molecule is COC1=Cc2s[nH]c(=O)c2C(=O)C1=O. The van der Waals surface area contributed by atoms with Gasteiger partial charge in [0, 0.05) is 6.08 Å². The van der Waals surface area contributed by atoms with Gasteiger partial charge in [0.25, 0.3) is 11.3 Å². The first-order valence-electron chi connectivity index (χ1n) is 3.71. The molecule has 0 spiro atoms. The molecule has 1 heterocycles. The molecule has 0 saturated carbocycles. The Hall–Kier alpha value is -1.69. The van der Waals surface area contributed by atoms with E-state index in [1.54, 1.807) is 0 Å². The third-order valence-corrected chi connectivity index (χ3v) is 2.70. The lowest BCUT2D eigenvalue weighted by atomic mass is 10.0. The van der Waals surface area contributed by atoms with Gasteiger partial charge in [0.15, 0.2) is 5.76 Å². The Labute approximate surface area is 82.2 Å². The predicted molar refractivity (Wildman–Crippen MR) is 49.3 cm³/mol. The molecule has 0 saturated heterocycles. The maximum atomic E-state index is 11.4. The Morgan fingerprint density at radius 2 is 2.00 bits per heavy atom. The Kier molecular flexibility index (Phi) is 1.85. The molecule has 0 bridgehead atoms. The lowest BCUT2D eigenvalue weighted by molar-refractivity contribution is -0.114. The summed E-state index contributed by atoms with van der Waals surface area (Å²) >= 11 is 1.01. The van der Waals surface area contributed by atoms with Crippen LogP contribution in [0, 0.1) is 0 Å². The van der Waals surface area contributed by atoms with E-state index in [0.717, 1.165) is 11.5 Å². The van der Waals surface area contributed by atoms with Crippen LogP contribution < -0.4 is 5.56 Å². The highest BCUT2D eigenvalue weighted by molar-refractivity contribution is 7.07. The van der Waals surface area contributed by atoms with Crippen molar-refractivity contribution in [3.05, 3.63) is 26.6 Å². The number of Topliss-reactive ketones (excluding diaryl/α,β-unsaturated/α-hetero) is 2. The van der Waals surface area contributed by atoms with E-state index in [1.807, 2.05) is 0 Å². The highest BCUT2D eigenvalue weighted by Crippen LogP contribution is 2.21. The van der Waals surface area contributed by atoms with Crippen molar-refractivity contribution in [1.29, 1.82) is 0 Å². The van der Waals surface area contributed by atoms with Gasteiger partial charge in [-0.25, -0.2) is 0 Å². The minimum atomic E-state index is -0.804. The summed E-state index contributed by atoms with van der Waals surface area (Å²) in [6, 6.07) is 0. The molecular formula is C8H5NO4S. The van der Waals surface area contributed by atoms with Crippen LogP contribution in [0.1, 0.15) is 15.2 Å². The number of hydrogen-bond acceptors (Lipinski definition) is 5. The highest BCUT2D eigenvalue weighted by Gasteiger charge is 2.32. The fourth-order valence-electron chi connectivity index (χ4n) is 1.19. The molecule has 0 aromatic carbocycles. The van der Waals surface area contributed by atoms with Crippen molar-refractivity contribution in [1.82, 2.24) is 4.37 Å². The van der Waals surface area contributed by atoms with E-state index in [9.17, 15) is 14.4 Å². The number of allylic oxidation sites excluding steroid dienone is 1. The minimum absolute atomic E-state index is 0.0299. The Bertz CT molecular complexity index is 508. The van der Waals surface area contributed by atoms with E-state index in [-0.39, 0.29) is 11.3 Å². The van der Waals surface area contributed by atoms with Crippen molar-refractivity contribution in [3.63, 3.8) is 0 Å². The smallest absolute Gasteiger partial charge is 0.270 e. The summed E-state index contributed by atoms with van der Waals surface area (Å²) in [5.74, 6) is -1.61. The summed E-state index contributed by atoms with van der Waals surface area (Å²) < 4.78 is 7.11. The Morgan fingerprint density at radius 3 is 2.64 bits per heavy atom. The molecule has 0 atom stereocenters. The number of hydrogen-bond donors (Lipinski definition) is 1.